The predicted octanol–water partition coefficient (Wildman–Crippen LogP) is 1.91. The fraction of sp³-hybridized carbons (Fsp3) is 0.714. The van der Waals surface area contributed by atoms with Gasteiger partial charge in [-0.25, -0.2) is 4.99 Å². The van der Waals surface area contributed by atoms with Gasteiger partial charge in [-0.3, -0.25) is 4.99 Å². The minimum Gasteiger partial charge on any atom is -0.274 e. The van der Waals surface area contributed by atoms with Crippen molar-refractivity contribution in [3.63, 3.8) is 0 Å². The predicted molar refractivity (Wildman–Crippen MR) is 42.4 cm³/mol. The quantitative estimate of drug-likeness (QED) is 0.399. The second-order valence-corrected chi connectivity index (χ2v) is 1.87. The summed E-state index contributed by atoms with van der Waals surface area (Å²) in [5, 5.41) is 0. The molecule has 0 aliphatic rings. The summed E-state index contributed by atoms with van der Waals surface area (Å²) < 4.78 is 0. The van der Waals surface area contributed by atoms with Gasteiger partial charge in [0.1, 0.15) is 5.84 Å². The molecular weight excluding hydrogens is 112 g/mol. The molecule has 0 saturated heterocycles. The van der Waals surface area contributed by atoms with Crippen molar-refractivity contribution in [1.29, 1.82) is 0 Å². The largest absolute Gasteiger partial charge is 0.274 e. The molecule has 0 saturated carbocycles. The monoisotopic (exact) mass is 126 g/mol. The van der Waals surface area contributed by atoms with Crippen LogP contribution in [0.3, 0.4) is 0 Å². The van der Waals surface area contributed by atoms with E-state index in [9.17, 15) is 0 Å². The summed E-state index contributed by atoms with van der Waals surface area (Å²) in [6.07, 6.45) is 4.11. The number of aliphatic imine (C=N–C) groups is 2. The minimum absolute atomic E-state index is 0.850. The van der Waals surface area contributed by atoms with Crippen molar-refractivity contribution in [3.05, 3.63) is 0 Å². The number of rotatable bonds is 2. The molecule has 0 spiro atoms. The standard InChI is InChI=1S/C7H14N2/c1-4-5-6-9-7(2)8-3/h6H,4-5H2,1-3H3/b8-7-,9-6-. The molecule has 0 aromatic rings. The molecule has 52 valence electrons. The first kappa shape index (κ1) is 8.34. The van der Waals surface area contributed by atoms with E-state index in [1.54, 1.807) is 7.05 Å². The Bertz CT molecular complexity index is 114. The lowest BCUT2D eigenvalue weighted by atomic mass is 10.4. The Hall–Kier alpha value is -0.660. The summed E-state index contributed by atoms with van der Waals surface area (Å²) in [5.41, 5.74) is 0. The van der Waals surface area contributed by atoms with Gasteiger partial charge in [-0.15, -0.1) is 0 Å². The van der Waals surface area contributed by atoms with Crippen molar-refractivity contribution in [3.8, 4) is 0 Å². The molecule has 0 fully saturated rings. The lowest BCUT2D eigenvalue weighted by molar-refractivity contribution is 1.01. The van der Waals surface area contributed by atoms with E-state index in [1.165, 1.54) is 0 Å². The Morgan fingerprint density at radius 3 is 2.67 bits per heavy atom. The number of nitrogens with zero attached hydrogens (tertiary/aromatic N) is 2. The van der Waals surface area contributed by atoms with Crippen LogP contribution in [0.25, 0.3) is 0 Å². The second kappa shape index (κ2) is 5.48. The SMILES string of the molecule is CCC/C=N\C(C)=N/C. The van der Waals surface area contributed by atoms with E-state index in [-0.39, 0.29) is 0 Å². The molecule has 0 aromatic heterocycles. The van der Waals surface area contributed by atoms with E-state index >= 15 is 0 Å². The summed E-state index contributed by atoms with van der Waals surface area (Å²) in [4.78, 5) is 7.94. The van der Waals surface area contributed by atoms with Gasteiger partial charge >= 0.3 is 0 Å². The molecule has 0 atom stereocenters. The van der Waals surface area contributed by atoms with Gasteiger partial charge in [0, 0.05) is 13.3 Å². The summed E-state index contributed by atoms with van der Waals surface area (Å²) in [6.45, 7) is 4.02. The molecule has 0 aliphatic heterocycles. The smallest absolute Gasteiger partial charge is 0.119 e. The van der Waals surface area contributed by atoms with E-state index in [1.807, 2.05) is 13.1 Å². The van der Waals surface area contributed by atoms with Gasteiger partial charge in [0.25, 0.3) is 0 Å². The second-order valence-electron chi connectivity index (χ2n) is 1.87. The van der Waals surface area contributed by atoms with Crippen LogP contribution in [0.15, 0.2) is 9.98 Å². The van der Waals surface area contributed by atoms with Crippen LogP contribution < -0.4 is 0 Å². The lowest BCUT2D eigenvalue weighted by Crippen LogP contribution is -1.84. The Balaban J connectivity index is 3.45. The number of unbranched alkanes of at least 4 members (excludes halogenated alkanes) is 1. The zero-order chi connectivity index (χ0) is 7.11. The molecule has 0 aliphatic carbocycles. The maximum absolute atomic E-state index is 4.06. The number of amidine groups is 1. The molecule has 0 amide bonds. The first-order valence-electron chi connectivity index (χ1n) is 3.27. The van der Waals surface area contributed by atoms with Gasteiger partial charge in [0.05, 0.1) is 0 Å². The summed E-state index contributed by atoms with van der Waals surface area (Å²) in [6, 6.07) is 0. The van der Waals surface area contributed by atoms with Crippen LogP contribution >= 0.6 is 0 Å². The van der Waals surface area contributed by atoms with Crippen molar-refractivity contribution < 1.29 is 0 Å². The normalized spacial score (nSPS) is 13.0. The van der Waals surface area contributed by atoms with Gasteiger partial charge < -0.3 is 0 Å². The summed E-state index contributed by atoms with van der Waals surface area (Å²) in [5.74, 6) is 0.850. The van der Waals surface area contributed by atoms with Crippen LogP contribution in [0.4, 0.5) is 0 Å². The summed E-state index contributed by atoms with van der Waals surface area (Å²) in [7, 11) is 1.75. The molecule has 0 rings (SSSR count). The molecule has 0 bridgehead atoms. The van der Waals surface area contributed by atoms with Crippen molar-refractivity contribution in [1.82, 2.24) is 0 Å². The van der Waals surface area contributed by atoms with Crippen molar-refractivity contribution >= 4 is 12.1 Å². The molecule has 2 heteroatoms. The average molecular weight is 126 g/mol. The van der Waals surface area contributed by atoms with Gasteiger partial charge in [-0.05, 0) is 13.3 Å². The molecule has 0 heterocycles. The molecule has 0 unspecified atom stereocenters. The zero-order valence-electron chi connectivity index (χ0n) is 6.39. The molecule has 0 radical (unpaired) electrons. The Labute approximate surface area is 56.7 Å². The fourth-order valence-electron chi connectivity index (χ4n) is 0.383. The topological polar surface area (TPSA) is 24.7 Å². The van der Waals surface area contributed by atoms with Crippen LogP contribution in [0.2, 0.25) is 0 Å². The highest BCUT2D eigenvalue weighted by atomic mass is 14.9. The Kier molecular flexibility index (Phi) is 5.07. The summed E-state index contributed by atoms with van der Waals surface area (Å²) >= 11 is 0. The zero-order valence-corrected chi connectivity index (χ0v) is 6.39. The van der Waals surface area contributed by atoms with E-state index in [0.717, 1.165) is 18.7 Å². The highest BCUT2D eigenvalue weighted by Crippen LogP contribution is 1.82. The highest BCUT2D eigenvalue weighted by Gasteiger charge is 1.77. The third kappa shape index (κ3) is 5.21. The average Bonchev–Trinajstić information content (AvgIpc) is 1.89. The minimum atomic E-state index is 0.850. The van der Waals surface area contributed by atoms with Gasteiger partial charge in [0.15, 0.2) is 0 Å². The van der Waals surface area contributed by atoms with Crippen molar-refractivity contribution in [2.24, 2.45) is 9.98 Å². The molecule has 0 aromatic carbocycles. The Morgan fingerprint density at radius 1 is 1.56 bits per heavy atom. The van der Waals surface area contributed by atoms with Crippen molar-refractivity contribution in [2.75, 3.05) is 7.05 Å². The number of hydrogen-bond acceptors (Lipinski definition) is 1. The molecule has 2 nitrogen and oxygen atoms in total. The Morgan fingerprint density at radius 2 is 2.22 bits per heavy atom. The lowest BCUT2D eigenvalue weighted by Gasteiger charge is -1.85. The van der Waals surface area contributed by atoms with Gasteiger partial charge in [-0.1, -0.05) is 13.3 Å². The van der Waals surface area contributed by atoms with Crippen LogP contribution in [0.1, 0.15) is 26.7 Å². The van der Waals surface area contributed by atoms with Gasteiger partial charge in [-0.2, -0.15) is 0 Å². The van der Waals surface area contributed by atoms with E-state index in [2.05, 4.69) is 16.9 Å². The first-order chi connectivity index (χ1) is 4.31. The van der Waals surface area contributed by atoms with Gasteiger partial charge in [0.2, 0.25) is 0 Å². The third-order valence-electron chi connectivity index (χ3n) is 1.02. The van der Waals surface area contributed by atoms with Crippen LogP contribution in [-0.2, 0) is 0 Å². The van der Waals surface area contributed by atoms with E-state index < -0.39 is 0 Å². The van der Waals surface area contributed by atoms with Crippen LogP contribution in [0.5, 0.6) is 0 Å². The maximum Gasteiger partial charge on any atom is 0.119 e. The first-order valence-corrected chi connectivity index (χ1v) is 3.27. The van der Waals surface area contributed by atoms with Crippen LogP contribution in [0, 0.1) is 0 Å². The van der Waals surface area contributed by atoms with E-state index in [4.69, 9.17) is 0 Å². The molecule has 0 N–H and O–H groups in total. The highest BCUT2D eigenvalue weighted by molar-refractivity contribution is 5.87. The molecule has 9 heavy (non-hydrogen) atoms. The van der Waals surface area contributed by atoms with E-state index in [0.29, 0.717) is 0 Å². The third-order valence-corrected chi connectivity index (χ3v) is 1.02. The van der Waals surface area contributed by atoms with Crippen molar-refractivity contribution in [2.45, 2.75) is 26.7 Å². The molecular formula is C7H14N2. The number of hydrogen-bond donors (Lipinski definition) is 0. The fourth-order valence-corrected chi connectivity index (χ4v) is 0.383. The maximum atomic E-state index is 4.06. The van der Waals surface area contributed by atoms with Crippen LogP contribution in [-0.4, -0.2) is 19.1 Å².